The van der Waals surface area contributed by atoms with Crippen molar-refractivity contribution in [3.05, 3.63) is 35.6 Å². The van der Waals surface area contributed by atoms with Gasteiger partial charge in [0.05, 0.1) is 6.04 Å². The lowest BCUT2D eigenvalue weighted by Crippen LogP contribution is -2.47. The molecule has 0 aliphatic carbocycles. The van der Waals surface area contributed by atoms with E-state index in [1.54, 1.807) is 12.1 Å². The van der Waals surface area contributed by atoms with Crippen LogP contribution in [0.3, 0.4) is 0 Å². The molecule has 2 rings (SSSR count). The van der Waals surface area contributed by atoms with Crippen LogP contribution in [0.2, 0.25) is 0 Å². The third-order valence-corrected chi connectivity index (χ3v) is 3.79. The second-order valence-electron chi connectivity index (χ2n) is 5.66. The minimum Gasteiger partial charge on any atom is -0.353 e. The molecule has 2 N–H and O–H groups in total. The number of amides is 1. The van der Waals surface area contributed by atoms with E-state index >= 15 is 0 Å². The number of carbonyl (C=O) groups is 1. The Morgan fingerprint density at radius 2 is 2.00 bits per heavy atom. The first-order valence-corrected chi connectivity index (χ1v) is 7.59. The lowest BCUT2D eigenvalue weighted by molar-refractivity contribution is -0.123. The van der Waals surface area contributed by atoms with E-state index in [2.05, 4.69) is 15.5 Å². The van der Waals surface area contributed by atoms with Crippen LogP contribution in [0.1, 0.15) is 24.8 Å². The molecule has 1 heterocycles. The number of hydrogen-bond donors (Lipinski definition) is 2. The maximum absolute atomic E-state index is 12.8. The van der Waals surface area contributed by atoms with Crippen LogP contribution in [0, 0.1) is 5.82 Å². The van der Waals surface area contributed by atoms with E-state index in [1.165, 1.54) is 12.1 Å². The molecule has 0 bridgehead atoms. The summed E-state index contributed by atoms with van der Waals surface area (Å²) in [6.07, 6.45) is 3.21. The third kappa shape index (κ3) is 7.97. The lowest BCUT2D eigenvalue weighted by atomic mass is 10.0. The summed E-state index contributed by atoms with van der Waals surface area (Å²) < 4.78 is 12.8. The molecule has 1 aliphatic rings. The van der Waals surface area contributed by atoms with Gasteiger partial charge in [-0.05, 0) is 44.1 Å². The first-order chi connectivity index (χ1) is 10.1. The second-order valence-corrected chi connectivity index (χ2v) is 5.66. The molecular formula is C16H26Cl2FN3O. The molecule has 7 heteroatoms. The molecule has 4 nitrogen and oxygen atoms in total. The summed E-state index contributed by atoms with van der Waals surface area (Å²) in [7, 11) is 1.99. The second kappa shape index (κ2) is 11.6. The summed E-state index contributed by atoms with van der Waals surface area (Å²) in [6, 6.07) is 6.49. The summed E-state index contributed by atoms with van der Waals surface area (Å²) in [5.41, 5.74) is 1.07. The maximum atomic E-state index is 12.8. The van der Waals surface area contributed by atoms with Crippen LogP contribution in [0.15, 0.2) is 24.3 Å². The Labute approximate surface area is 150 Å². The first-order valence-electron chi connectivity index (χ1n) is 7.59. The van der Waals surface area contributed by atoms with Crippen molar-refractivity contribution in [1.29, 1.82) is 0 Å². The Morgan fingerprint density at radius 1 is 1.30 bits per heavy atom. The molecule has 1 aromatic carbocycles. The molecule has 0 saturated carbocycles. The molecule has 1 fully saturated rings. The average molecular weight is 366 g/mol. The van der Waals surface area contributed by atoms with E-state index in [1.807, 2.05) is 7.05 Å². The molecule has 0 aromatic heterocycles. The molecule has 1 aliphatic heterocycles. The molecule has 1 amide bonds. The van der Waals surface area contributed by atoms with Gasteiger partial charge in [0.15, 0.2) is 0 Å². The Kier molecular flexibility index (Phi) is 11.2. The van der Waals surface area contributed by atoms with Gasteiger partial charge in [0.1, 0.15) is 5.82 Å². The van der Waals surface area contributed by atoms with E-state index in [4.69, 9.17) is 0 Å². The van der Waals surface area contributed by atoms with Gasteiger partial charge in [0.25, 0.3) is 0 Å². The Bertz CT molecular complexity index is 453. The predicted molar refractivity (Wildman–Crippen MR) is 95.9 cm³/mol. The monoisotopic (exact) mass is 365 g/mol. The maximum Gasteiger partial charge on any atom is 0.237 e. The van der Waals surface area contributed by atoms with Crippen molar-refractivity contribution >= 4 is 30.7 Å². The van der Waals surface area contributed by atoms with Crippen LogP contribution in [0.5, 0.6) is 0 Å². The molecule has 132 valence electrons. The van der Waals surface area contributed by atoms with E-state index in [0.717, 1.165) is 44.5 Å². The minimum absolute atomic E-state index is 0. The van der Waals surface area contributed by atoms with E-state index in [0.29, 0.717) is 6.54 Å². The fourth-order valence-electron chi connectivity index (χ4n) is 2.55. The fraction of sp³-hybridized carbons (Fsp3) is 0.562. The van der Waals surface area contributed by atoms with Crippen molar-refractivity contribution in [2.45, 2.75) is 31.8 Å². The fourth-order valence-corrected chi connectivity index (χ4v) is 2.55. The van der Waals surface area contributed by atoms with Crippen LogP contribution in [0.4, 0.5) is 4.39 Å². The van der Waals surface area contributed by atoms with E-state index in [9.17, 15) is 9.18 Å². The van der Waals surface area contributed by atoms with Crippen LogP contribution in [0.25, 0.3) is 0 Å². The Hall–Kier alpha value is -0.880. The van der Waals surface area contributed by atoms with Crippen LogP contribution < -0.4 is 10.6 Å². The highest BCUT2D eigenvalue weighted by atomic mass is 35.5. The smallest absolute Gasteiger partial charge is 0.237 e. The highest BCUT2D eigenvalue weighted by Crippen LogP contribution is 2.07. The van der Waals surface area contributed by atoms with Crippen molar-refractivity contribution in [2.24, 2.45) is 0 Å². The summed E-state index contributed by atoms with van der Waals surface area (Å²) in [4.78, 5) is 14.1. The largest absolute Gasteiger partial charge is 0.353 e. The van der Waals surface area contributed by atoms with Crippen molar-refractivity contribution in [3.8, 4) is 0 Å². The summed E-state index contributed by atoms with van der Waals surface area (Å²) >= 11 is 0. The summed E-state index contributed by atoms with van der Waals surface area (Å²) in [5, 5.41) is 6.22. The van der Waals surface area contributed by atoms with Crippen molar-refractivity contribution in [2.75, 3.05) is 26.7 Å². The van der Waals surface area contributed by atoms with Crippen molar-refractivity contribution < 1.29 is 9.18 Å². The molecule has 1 atom stereocenters. The number of likely N-dealkylation sites (N-methyl/N-ethyl adjacent to an activating group) is 1. The zero-order valence-corrected chi connectivity index (χ0v) is 15.0. The molecular weight excluding hydrogens is 340 g/mol. The lowest BCUT2D eigenvalue weighted by Gasteiger charge is -2.23. The number of halogens is 3. The van der Waals surface area contributed by atoms with Gasteiger partial charge in [-0.3, -0.25) is 4.79 Å². The molecule has 0 unspecified atom stereocenters. The Balaban J connectivity index is 0.00000242. The minimum atomic E-state index is -0.214. The third-order valence-electron chi connectivity index (χ3n) is 3.79. The highest BCUT2D eigenvalue weighted by molar-refractivity contribution is 5.85. The van der Waals surface area contributed by atoms with Crippen LogP contribution in [-0.4, -0.2) is 43.5 Å². The molecule has 0 spiro atoms. The zero-order valence-electron chi connectivity index (χ0n) is 13.4. The van der Waals surface area contributed by atoms with Gasteiger partial charge in [0.2, 0.25) is 5.91 Å². The number of piperidine rings is 1. The van der Waals surface area contributed by atoms with Gasteiger partial charge >= 0.3 is 0 Å². The van der Waals surface area contributed by atoms with Gasteiger partial charge in [-0.2, -0.15) is 0 Å². The number of carbonyl (C=O) groups excluding carboxylic acids is 1. The van der Waals surface area contributed by atoms with Crippen LogP contribution in [-0.2, 0) is 11.3 Å². The van der Waals surface area contributed by atoms with Gasteiger partial charge in [-0.1, -0.05) is 18.6 Å². The molecule has 1 aromatic rings. The zero-order chi connectivity index (χ0) is 15.1. The first kappa shape index (κ1) is 22.1. The topological polar surface area (TPSA) is 44.4 Å². The van der Waals surface area contributed by atoms with Gasteiger partial charge in [-0.15, -0.1) is 24.8 Å². The highest BCUT2D eigenvalue weighted by Gasteiger charge is 2.19. The van der Waals surface area contributed by atoms with Crippen molar-refractivity contribution in [1.82, 2.24) is 15.5 Å². The molecule has 1 saturated heterocycles. The summed E-state index contributed by atoms with van der Waals surface area (Å²) in [5.74, 6) is -0.112. The van der Waals surface area contributed by atoms with Gasteiger partial charge in [-0.25, -0.2) is 4.39 Å². The predicted octanol–water partition coefficient (Wildman–Crippen LogP) is 2.36. The standard InChI is InChI=1S/C16H24FN3O.2ClH/c1-20(12-13-5-7-14(17)8-6-13)11-10-19-16(21)15-4-2-3-9-18-15;;/h5-8,15,18H,2-4,9-12H2,1H3,(H,19,21);2*1H/t15-;;/m1../s1. The Morgan fingerprint density at radius 3 is 2.61 bits per heavy atom. The van der Waals surface area contributed by atoms with Gasteiger partial charge in [0, 0.05) is 19.6 Å². The number of nitrogens with one attached hydrogen (secondary N) is 2. The number of hydrogen-bond acceptors (Lipinski definition) is 3. The van der Waals surface area contributed by atoms with E-state index < -0.39 is 0 Å². The SMILES string of the molecule is CN(CCNC(=O)[C@H]1CCCCN1)Cc1ccc(F)cc1.Cl.Cl. The van der Waals surface area contributed by atoms with Gasteiger partial charge < -0.3 is 15.5 Å². The number of nitrogens with zero attached hydrogens (tertiary/aromatic N) is 1. The average Bonchev–Trinajstić information content (AvgIpc) is 2.50. The normalized spacial score (nSPS) is 17.1. The molecule has 0 radical (unpaired) electrons. The van der Waals surface area contributed by atoms with Crippen LogP contribution >= 0.6 is 24.8 Å². The number of benzene rings is 1. The quantitative estimate of drug-likeness (QED) is 0.813. The number of rotatable bonds is 6. The molecule has 23 heavy (non-hydrogen) atoms. The van der Waals surface area contributed by atoms with E-state index in [-0.39, 0.29) is 42.6 Å². The van der Waals surface area contributed by atoms with Crippen molar-refractivity contribution in [3.63, 3.8) is 0 Å². The summed E-state index contributed by atoms with van der Waals surface area (Å²) in [6.45, 7) is 3.09.